The van der Waals surface area contributed by atoms with Gasteiger partial charge in [0.1, 0.15) is 5.82 Å². The Labute approximate surface area is 130 Å². The Bertz CT molecular complexity index is 755. The first-order valence-electron chi connectivity index (χ1n) is 7.34. The van der Waals surface area contributed by atoms with Crippen molar-refractivity contribution in [2.45, 2.75) is 32.4 Å². The van der Waals surface area contributed by atoms with Gasteiger partial charge in [-0.1, -0.05) is 6.07 Å². The molecule has 1 fully saturated rings. The molecule has 2 aromatic rings. The summed E-state index contributed by atoms with van der Waals surface area (Å²) in [7, 11) is -3.21. The molecule has 0 spiro atoms. The van der Waals surface area contributed by atoms with Crippen LogP contribution in [-0.2, 0) is 16.6 Å². The van der Waals surface area contributed by atoms with Crippen LogP contribution in [-0.4, -0.2) is 40.1 Å². The van der Waals surface area contributed by atoms with E-state index in [1.54, 1.807) is 10.5 Å². The van der Waals surface area contributed by atoms with Gasteiger partial charge in [-0.25, -0.2) is 13.4 Å². The first-order chi connectivity index (χ1) is 10.5. The lowest BCUT2D eigenvalue weighted by molar-refractivity contribution is 0.377. The number of hydrogen-bond acceptors (Lipinski definition) is 4. The normalized spacial score (nSPS) is 19.6. The van der Waals surface area contributed by atoms with Crippen LogP contribution in [0, 0.1) is 6.92 Å². The minimum absolute atomic E-state index is 0.166. The average molecular weight is 320 g/mol. The van der Waals surface area contributed by atoms with E-state index >= 15 is 0 Å². The Morgan fingerprint density at radius 3 is 2.86 bits per heavy atom. The molecule has 1 saturated heterocycles. The molecule has 6 nitrogen and oxygen atoms in total. The summed E-state index contributed by atoms with van der Waals surface area (Å²) in [4.78, 5) is 8.63. The highest BCUT2D eigenvalue weighted by Gasteiger charge is 2.35. The topological polar surface area (TPSA) is 68.1 Å². The van der Waals surface area contributed by atoms with Crippen LogP contribution >= 0.6 is 0 Å². The highest BCUT2D eigenvalue weighted by atomic mass is 32.2. The maximum Gasteiger partial charge on any atom is 0.211 e. The van der Waals surface area contributed by atoms with Crippen LogP contribution in [0.2, 0.25) is 0 Å². The van der Waals surface area contributed by atoms with E-state index in [4.69, 9.17) is 0 Å². The van der Waals surface area contributed by atoms with E-state index in [9.17, 15) is 8.42 Å². The van der Waals surface area contributed by atoms with E-state index in [0.717, 1.165) is 29.9 Å². The van der Waals surface area contributed by atoms with Crippen LogP contribution in [0.4, 0.5) is 0 Å². The summed E-state index contributed by atoms with van der Waals surface area (Å²) in [6.07, 6.45) is 8.34. The largest absolute Gasteiger partial charge is 0.327 e. The van der Waals surface area contributed by atoms with Crippen LogP contribution in [0.1, 0.15) is 36.0 Å². The van der Waals surface area contributed by atoms with Crippen LogP contribution in [0.25, 0.3) is 0 Å². The quantitative estimate of drug-likeness (QED) is 0.860. The summed E-state index contributed by atoms with van der Waals surface area (Å²) in [5.74, 6) is 0.823. The number of hydrogen-bond donors (Lipinski definition) is 0. The van der Waals surface area contributed by atoms with Crippen molar-refractivity contribution in [2.24, 2.45) is 0 Å². The Morgan fingerprint density at radius 1 is 1.36 bits per heavy atom. The van der Waals surface area contributed by atoms with Crippen molar-refractivity contribution in [2.75, 3.05) is 12.8 Å². The van der Waals surface area contributed by atoms with Crippen LogP contribution in [0.5, 0.6) is 0 Å². The first kappa shape index (κ1) is 15.2. The van der Waals surface area contributed by atoms with Gasteiger partial charge in [-0.05, 0) is 31.4 Å². The number of aromatic nitrogens is 3. The van der Waals surface area contributed by atoms with Gasteiger partial charge in [-0.2, -0.15) is 4.31 Å². The van der Waals surface area contributed by atoms with Crippen molar-refractivity contribution >= 4 is 10.0 Å². The summed E-state index contributed by atoms with van der Waals surface area (Å²) in [5.41, 5.74) is 2.10. The molecule has 0 bridgehead atoms. The second-order valence-electron chi connectivity index (χ2n) is 5.74. The summed E-state index contributed by atoms with van der Waals surface area (Å²) in [6.45, 7) is 3.22. The molecule has 1 unspecified atom stereocenters. The van der Waals surface area contributed by atoms with E-state index in [1.165, 1.54) is 6.26 Å². The molecule has 0 amide bonds. The van der Waals surface area contributed by atoms with Crippen molar-refractivity contribution in [1.82, 2.24) is 18.8 Å². The minimum atomic E-state index is -3.21. The van der Waals surface area contributed by atoms with Crippen molar-refractivity contribution < 1.29 is 8.42 Å². The second-order valence-corrected chi connectivity index (χ2v) is 7.67. The fraction of sp³-hybridized carbons (Fsp3) is 0.467. The molecule has 1 aliphatic heterocycles. The second kappa shape index (κ2) is 5.81. The van der Waals surface area contributed by atoms with E-state index in [0.29, 0.717) is 13.1 Å². The maximum absolute atomic E-state index is 12.0. The smallest absolute Gasteiger partial charge is 0.211 e. The van der Waals surface area contributed by atoms with Gasteiger partial charge in [0.05, 0.1) is 18.8 Å². The third-order valence-electron chi connectivity index (χ3n) is 4.08. The zero-order valence-corrected chi connectivity index (χ0v) is 13.6. The minimum Gasteiger partial charge on any atom is -0.327 e. The summed E-state index contributed by atoms with van der Waals surface area (Å²) >= 11 is 0. The van der Waals surface area contributed by atoms with E-state index in [-0.39, 0.29) is 6.04 Å². The SMILES string of the molecule is Cc1cnc(C2CCCN2S(C)(=O)=O)n1Cc1cccnc1. The summed E-state index contributed by atoms with van der Waals surface area (Å²) < 4.78 is 27.6. The maximum atomic E-state index is 12.0. The molecule has 3 rings (SSSR count). The van der Waals surface area contributed by atoms with E-state index in [2.05, 4.69) is 14.5 Å². The summed E-state index contributed by atoms with van der Waals surface area (Å²) in [5, 5.41) is 0. The average Bonchev–Trinajstić information content (AvgIpc) is 3.08. The monoisotopic (exact) mass is 320 g/mol. The predicted molar refractivity (Wildman–Crippen MR) is 83.8 cm³/mol. The van der Waals surface area contributed by atoms with Gasteiger partial charge in [0, 0.05) is 30.8 Å². The molecule has 7 heteroatoms. The fourth-order valence-corrected chi connectivity index (χ4v) is 4.14. The zero-order valence-electron chi connectivity index (χ0n) is 12.8. The lowest BCUT2D eigenvalue weighted by Crippen LogP contribution is -2.31. The van der Waals surface area contributed by atoms with Crippen molar-refractivity contribution in [1.29, 1.82) is 0 Å². The molecule has 3 heterocycles. The van der Waals surface area contributed by atoms with Crippen LogP contribution in [0.15, 0.2) is 30.7 Å². The molecule has 0 radical (unpaired) electrons. The Morgan fingerprint density at radius 2 is 2.18 bits per heavy atom. The number of imidazole rings is 1. The fourth-order valence-electron chi connectivity index (χ4n) is 3.02. The highest BCUT2D eigenvalue weighted by Crippen LogP contribution is 2.33. The number of rotatable bonds is 4. The van der Waals surface area contributed by atoms with Gasteiger partial charge in [-0.15, -0.1) is 0 Å². The molecule has 22 heavy (non-hydrogen) atoms. The molecule has 0 aliphatic carbocycles. The molecule has 1 aliphatic rings. The van der Waals surface area contributed by atoms with E-state index < -0.39 is 10.0 Å². The highest BCUT2D eigenvalue weighted by molar-refractivity contribution is 7.88. The van der Waals surface area contributed by atoms with Crippen molar-refractivity contribution in [3.05, 3.63) is 47.8 Å². The van der Waals surface area contributed by atoms with Crippen molar-refractivity contribution in [3.8, 4) is 0 Å². The molecule has 0 N–H and O–H groups in total. The van der Waals surface area contributed by atoms with Gasteiger partial charge >= 0.3 is 0 Å². The molecular weight excluding hydrogens is 300 g/mol. The van der Waals surface area contributed by atoms with Crippen molar-refractivity contribution in [3.63, 3.8) is 0 Å². The molecular formula is C15H20N4O2S. The number of aryl methyl sites for hydroxylation is 1. The number of pyridine rings is 1. The Kier molecular flexibility index (Phi) is 4.01. The lowest BCUT2D eigenvalue weighted by atomic mass is 10.2. The molecule has 0 aromatic carbocycles. The molecule has 2 aromatic heterocycles. The Balaban J connectivity index is 1.95. The number of sulfonamides is 1. The third-order valence-corrected chi connectivity index (χ3v) is 5.37. The predicted octanol–water partition coefficient (Wildman–Crippen LogP) is 1.73. The van der Waals surface area contributed by atoms with Crippen LogP contribution in [0.3, 0.4) is 0 Å². The zero-order chi connectivity index (χ0) is 15.7. The van der Waals surface area contributed by atoms with Crippen LogP contribution < -0.4 is 0 Å². The number of nitrogens with zero attached hydrogens (tertiary/aromatic N) is 4. The molecule has 1 atom stereocenters. The summed E-state index contributed by atoms with van der Waals surface area (Å²) in [6, 6.07) is 3.75. The molecule has 118 valence electrons. The first-order valence-corrected chi connectivity index (χ1v) is 9.19. The van der Waals surface area contributed by atoms with Gasteiger partial charge in [-0.3, -0.25) is 4.98 Å². The van der Waals surface area contributed by atoms with Gasteiger partial charge < -0.3 is 4.57 Å². The van der Waals surface area contributed by atoms with Gasteiger partial charge in [0.15, 0.2) is 0 Å². The Hall–Kier alpha value is -1.73. The van der Waals surface area contributed by atoms with Gasteiger partial charge in [0.2, 0.25) is 10.0 Å². The van der Waals surface area contributed by atoms with E-state index in [1.807, 2.05) is 31.5 Å². The third kappa shape index (κ3) is 2.91. The van der Waals surface area contributed by atoms with Gasteiger partial charge in [0.25, 0.3) is 0 Å². The molecule has 0 saturated carbocycles. The lowest BCUT2D eigenvalue weighted by Gasteiger charge is -2.23. The standard InChI is InChI=1S/C15H20N4O2S/c1-12-9-17-15(14-6-4-8-19(14)22(2,20)21)18(12)11-13-5-3-7-16-10-13/h3,5,7,9-10,14H,4,6,8,11H2,1-2H3.